The minimum atomic E-state index is -1.42. The van der Waals surface area contributed by atoms with Gasteiger partial charge in [0.15, 0.2) is 5.41 Å². The van der Waals surface area contributed by atoms with Gasteiger partial charge in [-0.05, 0) is 19.8 Å². The molecular formula is C13H18O4. The summed E-state index contributed by atoms with van der Waals surface area (Å²) in [6.45, 7) is 5.55. The first-order valence-corrected chi connectivity index (χ1v) is 5.19. The van der Waals surface area contributed by atoms with Crippen molar-refractivity contribution in [1.82, 2.24) is 0 Å². The van der Waals surface area contributed by atoms with Gasteiger partial charge in [-0.1, -0.05) is 5.57 Å². The van der Waals surface area contributed by atoms with Gasteiger partial charge in [0.25, 0.3) is 0 Å². The molecule has 0 aromatic rings. The molecule has 0 amide bonds. The SMILES string of the molecule is C#CCC(CCC(=C)C)(C(=O)OC)C(=O)OC. The number of carbonyl (C=O) groups excluding carboxylic acids is 2. The van der Waals surface area contributed by atoms with E-state index in [1.807, 2.05) is 6.92 Å². The molecule has 0 spiro atoms. The Balaban J connectivity index is 5.24. The Hall–Kier alpha value is -1.76. The number of hydrogen-bond acceptors (Lipinski definition) is 4. The van der Waals surface area contributed by atoms with Crippen LogP contribution in [-0.2, 0) is 19.1 Å². The lowest BCUT2D eigenvalue weighted by atomic mass is 9.79. The lowest BCUT2D eigenvalue weighted by molar-refractivity contribution is -0.169. The molecule has 0 saturated carbocycles. The van der Waals surface area contributed by atoms with Crippen molar-refractivity contribution in [2.75, 3.05) is 14.2 Å². The van der Waals surface area contributed by atoms with Crippen LogP contribution in [0.25, 0.3) is 0 Å². The highest BCUT2D eigenvalue weighted by molar-refractivity contribution is 6.00. The summed E-state index contributed by atoms with van der Waals surface area (Å²) < 4.78 is 9.32. The van der Waals surface area contributed by atoms with Crippen LogP contribution in [0.2, 0.25) is 0 Å². The maximum Gasteiger partial charge on any atom is 0.324 e. The summed E-state index contributed by atoms with van der Waals surface area (Å²) in [5.41, 5.74) is -0.559. The summed E-state index contributed by atoms with van der Waals surface area (Å²) in [6.07, 6.45) is 5.92. The molecule has 0 bridgehead atoms. The molecule has 0 aromatic heterocycles. The number of rotatable bonds is 6. The average Bonchev–Trinajstić information content (AvgIpc) is 2.32. The molecule has 0 aliphatic carbocycles. The fourth-order valence-electron chi connectivity index (χ4n) is 1.51. The van der Waals surface area contributed by atoms with Crippen LogP contribution in [0.15, 0.2) is 12.2 Å². The van der Waals surface area contributed by atoms with Gasteiger partial charge in [0.1, 0.15) is 0 Å². The fourth-order valence-corrected chi connectivity index (χ4v) is 1.51. The molecule has 0 fully saturated rings. The van der Waals surface area contributed by atoms with E-state index in [-0.39, 0.29) is 12.8 Å². The second-order valence-corrected chi connectivity index (χ2v) is 3.90. The zero-order valence-electron chi connectivity index (χ0n) is 10.5. The van der Waals surface area contributed by atoms with Gasteiger partial charge in [0, 0.05) is 6.42 Å². The van der Waals surface area contributed by atoms with Crippen molar-refractivity contribution < 1.29 is 19.1 Å². The summed E-state index contributed by atoms with van der Waals surface area (Å²) in [5, 5.41) is 0. The third-order valence-electron chi connectivity index (χ3n) is 2.53. The van der Waals surface area contributed by atoms with E-state index in [1.54, 1.807) is 0 Å². The van der Waals surface area contributed by atoms with Crippen molar-refractivity contribution in [2.24, 2.45) is 5.41 Å². The minimum absolute atomic E-state index is 0.0420. The van der Waals surface area contributed by atoms with Gasteiger partial charge >= 0.3 is 11.9 Å². The molecule has 0 aliphatic rings. The standard InChI is InChI=1S/C13H18O4/c1-6-8-13(11(14)16-4,12(15)17-5)9-7-10(2)3/h1H,2,7-9H2,3-5H3. The molecule has 0 rings (SSSR count). The molecule has 0 N–H and O–H groups in total. The predicted molar refractivity (Wildman–Crippen MR) is 64.0 cm³/mol. The van der Waals surface area contributed by atoms with Gasteiger partial charge in [-0.15, -0.1) is 18.9 Å². The summed E-state index contributed by atoms with van der Waals surface area (Å²) >= 11 is 0. The third-order valence-corrected chi connectivity index (χ3v) is 2.53. The lowest BCUT2D eigenvalue weighted by Gasteiger charge is -2.26. The predicted octanol–water partition coefficient (Wildman–Crippen LogP) is 1.70. The smallest absolute Gasteiger partial charge is 0.324 e. The van der Waals surface area contributed by atoms with Crippen LogP contribution in [0.5, 0.6) is 0 Å². The number of hydrogen-bond donors (Lipinski definition) is 0. The first kappa shape index (κ1) is 15.2. The fraction of sp³-hybridized carbons (Fsp3) is 0.538. The van der Waals surface area contributed by atoms with Crippen molar-refractivity contribution in [3.8, 4) is 12.3 Å². The van der Waals surface area contributed by atoms with Gasteiger partial charge in [-0.2, -0.15) is 0 Å². The molecule has 0 unspecified atom stereocenters. The maximum absolute atomic E-state index is 11.8. The zero-order valence-corrected chi connectivity index (χ0v) is 10.5. The first-order valence-electron chi connectivity index (χ1n) is 5.19. The number of carbonyl (C=O) groups is 2. The number of allylic oxidation sites excluding steroid dienone is 1. The molecule has 17 heavy (non-hydrogen) atoms. The molecule has 0 aliphatic heterocycles. The van der Waals surface area contributed by atoms with Crippen LogP contribution < -0.4 is 0 Å². The van der Waals surface area contributed by atoms with Crippen molar-refractivity contribution >= 4 is 11.9 Å². The van der Waals surface area contributed by atoms with Gasteiger partial charge in [0.2, 0.25) is 0 Å². The highest BCUT2D eigenvalue weighted by Crippen LogP contribution is 2.32. The van der Waals surface area contributed by atoms with Crippen molar-refractivity contribution in [1.29, 1.82) is 0 Å². The Morgan fingerprint density at radius 2 is 1.76 bits per heavy atom. The summed E-state index contributed by atoms with van der Waals surface area (Å²) in [5.74, 6) is 1.00. The second kappa shape index (κ2) is 6.74. The number of esters is 2. The number of terminal acetylenes is 1. The highest BCUT2D eigenvalue weighted by Gasteiger charge is 2.47. The number of methoxy groups -OCH3 is 2. The van der Waals surface area contributed by atoms with Gasteiger partial charge in [-0.3, -0.25) is 9.59 Å². The molecule has 0 atom stereocenters. The topological polar surface area (TPSA) is 52.6 Å². The highest BCUT2D eigenvalue weighted by atomic mass is 16.5. The van der Waals surface area contributed by atoms with E-state index in [0.29, 0.717) is 6.42 Å². The van der Waals surface area contributed by atoms with Crippen molar-refractivity contribution in [2.45, 2.75) is 26.2 Å². The van der Waals surface area contributed by atoms with Gasteiger partial charge in [0.05, 0.1) is 14.2 Å². The molecule has 0 saturated heterocycles. The Bertz CT molecular complexity index is 333. The number of ether oxygens (including phenoxy) is 2. The van der Waals surface area contributed by atoms with E-state index in [4.69, 9.17) is 6.42 Å². The Morgan fingerprint density at radius 1 is 1.29 bits per heavy atom. The molecule has 0 radical (unpaired) electrons. The van der Waals surface area contributed by atoms with E-state index < -0.39 is 17.4 Å². The first-order chi connectivity index (χ1) is 7.94. The van der Waals surface area contributed by atoms with Crippen LogP contribution in [0.4, 0.5) is 0 Å². The summed E-state index contributed by atoms with van der Waals surface area (Å²) in [7, 11) is 2.44. The van der Waals surface area contributed by atoms with Crippen LogP contribution in [0.1, 0.15) is 26.2 Å². The van der Waals surface area contributed by atoms with Crippen molar-refractivity contribution in [3.05, 3.63) is 12.2 Å². The maximum atomic E-state index is 11.8. The monoisotopic (exact) mass is 238 g/mol. The Morgan fingerprint density at radius 3 is 2.06 bits per heavy atom. The second-order valence-electron chi connectivity index (χ2n) is 3.90. The third kappa shape index (κ3) is 3.63. The van der Waals surface area contributed by atoms with Crippen molar-refractivity contribution in [3.63, 3.8) is 0 Å². The quantitative estimate of drug-likeness (QED) is 0.306. The van der Waals surface area contributed by atoms with E-state index in [9.17, 15) is 9.59 Å². The average molecular weight is 238 g/mol. The molecule has 4 nitrogen and oxygen atoms in total. The van der Waals surface area contributed by atoms with Gasteiger partial charge in [-0.25, -0.2) is 0 Å². The van der Waals surface area contributed by atoms with Crippen LogP contribution in [0, 0.1) is 17.8 Å². The Labute approximate surface area is 102 Å². The zero-order chi connectivity index (χ0) is 13.5. The van der Waals surface area contributed by atoms with E-state index in [2.05, 4.69) is 22.0 Å². The summed E-state index contributed by atoms with van der Waals surface area (Å²) in [6, 6.07) is 0. The molecular weight excluding hydrogens is 220 g/mol. The normalized spacial score (nSPS) is 10.2. The summed E-state index contributed by atoms with van der Waals surface area (Å²) in [4.78, 5) is 23.6. The van der Waals surface area contributed by atoms with Crippen LogP contribution in [0.3, 0.4) is 0 Å². The molecule has 4 heteroatoms. The Kier molecular flexibility index (Phi) is 6.05. The molecule has 0 heterocycles. The van der Waals surface area contributed by atoms with E-state index in [1.165, 1.54) is 14.2 Å². The van der Waals surface area contributed by atoms with E-state index >= 15 is 0 Å². The van der Waals surface area contributed by atoms with E-state index in [0.717, 1.165) is 5.57 Å². The minimum Gasteiger partial charge on any atom is -0.468 e. The largest absolute Gasteiger partial charge is 0.468 e. The lowest BCUT2D eigenvalue weighted by Crippen LogP contribution is -2.41. The molecule has 94 valence electrons. The van der Waals surface area contributed by atoms with Crippen LogP contribution >= 0.6 is 0 Å². The van der Waals surface area contributed by atoms with Gasteiger partial charge < -0.3 is 9.47 Å². The molecule has 0 aromatic carbocycles. The van der Waals surface area contributed by atoms with Crippen LogP contribution in [-0.4, -0.2) is 26.2 Å².